The van der Waals surface area contributed by atoms with Crippen LogP contribution >= 0.6 is 0 Å². The van der Waals surface area contributed by atoms with E-state index in [0.717, 1.165) is 29.5 Å². The molecule has 1 aromatic rings. The fourth-order valence-corrected chi connectivity index (χ4v) is 2.28. The van der Waals surface area contributed by atoms with Gasteiger partial charge < -0.3 is 20.5 Å². The summed E-state index contributed by atoms with van der Waals surface area (Å²) in [5.74, 6) is 2.44. The number of hydrogen-bond donors (Lipinski definition) is 2. The van der Waals surface area contributed by atoms with Gasteiger partial charge in [0.1, 0.15) is 0 Å². The van der Waals surface area contributed by atoms with E-state index in [1.165, 1.54) is 19.3 Å². The normalized spacial score (nSPS) is 16.2. The summed E-state index contributed by atoms with van der Waals surface area (Å²) in [6, 6.07) is 6.15. The first kappa shape index (κ1) is 14.2. The molecule has 1 aromatic carbocycles. The van der Waals surface area contributed by atoms with Crippen molar-refractivity contribution in [3.8, 4) is 11.5 Å². The van der Waals surface area contributed by atoms with Crippen molar-refractivity contribution in [2.75, 3.05) is 27.3 Å². The molecule has 0 aromatic heterocycles. The average Bonchev–Trinajstić information content (AvgIpc) is 3.27. The standard InChI is InChI=1S/C15H24N2O2/c1-18-14-6-5-12(9-15(14)19-2)13(10-16)17-8-7-11-3-4-11/h5-6,9,11,13,17H,3-4,7-8,10,16H2,1-2H3. The van der Waals surface area contributed by atoms with Crippen molar-refractivity contribution in [2.24, 2.45) is 11.7 Å². The zero-order chi connectivity index (χ0) is 13.7. The maximum Gasteiger partial charge on any atom is 0.161 e. The van der Waals surface area contributed by atoms with E-state index in [2.05, 4.69) is 5.32 Å². The van der Waals surface area contributed by atoms with Gasteiger partial charge in [0.25, 0.3) is 0 Å². The van der Waals surface area contributed by atoms with Crippen molar-refractivity contribution in [1.29, 1.82) is 0 Å². The van der Waals surface area contributed by atoms with Gasteiger partial charge in [-0.3, -0.25) is 0 Å². The van der Waals surface area contributed by atoms with Crippen molar-refractivity contribution in [2.45, 2.75) is 25.3 Å². The highest BCUT2D eigenvalue weighted by atomic mass is 16.5. The summed E-state index contributed by atoms with van der Waals surface area (Å²) in [4.78, 5) is 0. The lowest BCUT2D eigenvalue weighted by molar-refractivity contribution is 0.353. The van der Waals surface area contributed by atoms with Crippen molar-refractivity contribution < 1.29 is 9.47 Å². The largest absolute Gasteiger partial charge is 0.493 e. The average molecular weight is 264 g/mol. The van der Waals surface area contributed by atoms with Gasteiger partial charge in [0.2, 0.25) is 0 Å². The highest BCUT2D eigenvalue weighted by Gasteiger charge is 2.21. The molecule has 0 saturated heterocycles. The first-order valence-electron chi connectivity index (χ1n) is 6.93. The summed E-state index contributed by atoms with van der Waals surface area (Å²) in [6.45, 7) is 1.61. The van der Waals surface area contributed by atoms with Gasteiger partial charge in [-0.15, -0.1) is 0 Å². The minimum Gasteiger partial charge on any atom is -0.493 e. The Morgan fingerprint density at radius 2 is 2.00 bits per heavy atom. The number of hydrogen-bond acceptors (Lipinski definition) is 4. The predicted octanol–water partition coefficient (Wildman–Crippen LogP) is 2.09. The van der Waals surface area contributed by atoms with Crippen LogP contribution in [0.2, 0.25) is 0 Å². The summed E-state index contributed by atoms with van der Waals surface area (Å²) < 4.78 is 10.6. The third-order valence-corrected chi connectivity index (χ3v) is 3.69. The Hall–Kier alpha value is -1.26. The number of ether oxygens (including phenoxy) is 2. The molecule has 0 heterocycles. The van der Waals surface area contributed by atoms with Crippen LogP contribution in [0.3, 0.4) is 0 Å². The quantitative estimate of drug-likeness (QED) is 0.755. The molecule has 1 aliphatic carbocycles. The second kappa shape index (κ2) is 6.78. The van der Waals surface area contributed by atoms with Crippen LogP contribution in [0.15, 0.2) is 18.2 Å². The molecule has 0 radical (unpaired) electrons. The molecule has 4 heteroatoms. The fourth-order valence-electron chi connectivity index (χ4n) is 2.28. The van der Waals surface area contributed by atoms with Crippen LogP contribution in [0.5, 0.6) is 11.5 Å². The third kappa shape index (κ3) is 3.85. The van der Waals surface area contributed by atoms with Gasteiger partial charge in [0.05, 0.1) is 14.2 Å². The lowest BCUT2D eigenvalue weighted by Gasteiger charge is -2.19. The third-order valence-electron chi connectivity index (χ3n) is 3.69. The zero-order valence-corrected chi connectivity index (χ0v) is 11.8. The molecule has 0 spiro atoms. The van der Waals surface area contributed by atoms with Gasteiger partial charge in [-0.2, -0.15) is 0 Å². The number of methoxy groups -OCH3 is 2. The maximum absolute atomic E-state index is 5.86. The summed E-state index contributed by atoms with van der Waals surface area (Å²) in [7, 11) is 3.30. The molecule has 0 bridgehead atoms. The minimum atomic E-state index is 0.179. The second-order valence-corrected chi connectivity index (χ2v) is 5.09. The van der Waals surface area contributed by atoms with Crippen LogP contribution in [-0.2, 0) is 0 Å². The minimum absolute atomic E-state index is 0.179. The van der Waals surface area contributed by atoms with E-state index in [-0.39, 0.29) is 6.04 Å². The number of nitrogens with two attached hydrogens (primary N) is 1. The van der Waals surface area contributed by atoms with E-state index in [1.807, 2.05) is 18.2 Å². The van der Waals surface area contributed by atoms with Crippen LogP contribution in [-0.4, -0.2) is 27.3 Å². The first-order chi connectivity index (χ1) is 9.28. The van der Waals surface area contributed by atoms with Gasteiger partial charge >= 0.3 is 0 Å². The Kier molecular flexibility index (Phi) is 5.05. The Morgan fingerprint density at radius 3 is 2.58 bits per heavy atom. The molecule has 0 amide bonds. The van der Waals surface area contributed by atoms with Crippen molar-refractivity contribution in [3.05, 3.63) is 23.8 Å². The van der Waals surface area contributed by atoms with Gasteiger partial charge in [-0.1, -0.05) is 18.9 Å². The Bertz CT molecular complexity index is 405. The van der Waals surface area contributed by atoms with E-state index in [9.17, 15) is 0 Å². The lowest BCUT2D eigenvalue weighted by atomic mass is 10.1. The Labute approximate surface area is 115 Å². The van der Waals surface area contributed by atoms with Gasteiger partial charge in [0, 0.05) is 12.6 Å². The molecule has 1 unspecified atom stereocenters. The molecule has 19 heavy (non-hydrogen) atoms. The SMILES string of the molecule is COc1ccc(C(CN)NCCC2CC2)cc1OC. The Morgan fingerprint density at radius 1 is 1.26 bits per heavy atom. The van der Waals surface area contributed by atoms with Crippen LogP contribution in [0.25, 0.3) is 0 Å². The molecule has 1 atom stereocenters. The summed E-state index contributed by atoms with van der Waals surface area (Å²) >= 11 is 0. The molecular weight excluding hydrogens is 240 g/mol. The zero-order valence-electron chi connectivity index (χ0n) is 11.8. The fraction of sp³-hybridized carbons (Fsp3) is 0.600. The molecule has 4 nitrogen and oxygen atoms in total. The number of benzene rings is 1. The van der Waals surface area contributed by atoms with E-state index in [4.69, 9.17) is 15.2 Å². The van der Waals surface area contributed by atoms with E-state index in [1.54, 1.807) is 14.2 Å². The smallest absolute Gasteiger partial charge is 0.161 e. The molecule has 1 saturated carbocycles. The van der Waals surface area contributed by atoms with Crippen molar-refractivity contribution >= 4 is 0 Å². The molecule has 3 N–H and O–H groups in total. The van der Waals surface area contributed by atoms with Crippen LogP contribution in [0, 0.1) is 5.92 Å². The van der Waals surface area contributed by atoms with E-state index in [0.29, 0.717) is 6.54 Å². The summed E-state index contributed by atoms with van der Waals surface area (Å²) in [5, 5.41) is 3.52. The molecule has 0 aliphatic heterocycles. The van der Waals surface area contributed by atoms with Gasteiger partial charge in [-0.05, 0) is 36.6 Å². The molecular formula is C15H24N2O2. The molecule has 2 rings (SSSR count). The van der Waals surface area contributed by atoms with Crippen LogP contribution < -0.4 is 20.5 Å². The highest BCUT2D eigenvalue weighted by Crippen LogP contribution is 2.32. The number of rotatable bonds is 8. The monoisotopic (exact) mass is 264 g/mol. The molecule has 106 valence electrons. The Balaban J connectivity index is 1.99. The summed E-state index contributed by atoms with van der Waals surface area (Å²) in [5.41, 5.74) is 7.01. The maximum atomic E-state index is 5.86. The molecule has 1 fully saturated rings. The highest BCUT2D eigenvalue weighted by molar-refractivity contribution is 5.43. The van der Waals surface area contributed by atoms with Crippen LogP contribution in [0.4, 0.5) is 0 Å². The van der Waals surface area contributed by atoms with E-state index >= 15 is 0 Å². The van der Waals surface area contributed by atoms with Crippen LogP contribution in [0.1, 0.15) is 30.9 Å². The molecule has 1 aliphatic rings. The number of nitrogens with one attached hydrogen (secondary N) is 1. The van der Waals surface area contributed by atoms with Crippen molar-refractivity contribution in [3.63, 3.8) is 0 Å². The van der Waals surface area contributed by atoms with Gasteiger partial charge in [-0.25, -0.2) is 0 Å². The lowest BCUT2D eigenvalue weighted by Crippen LogP contribution is -2.29. The topological polar surface area (TPSA) is 56.5 Å². The van der Waals surface area contributed by atoms with E-state index < -0.39 is 0 Å². The van der Waals surface area contributed by atoms with Crippen molar-refractivity contribution in [1.82, 2.24) is 5.32 Å². The predicted molar refractivity (Wildman–Crippen MR) is 76.7 cm³/mol. The second-order valence-electron chi connectivity index (χ2n) is 5.09. The first-order valence-corrected chi connectivity index (χ1v) is 6.93. The van der Waals surface area contributed by atoms with Gasteiger partial charge in [0.15, 0.2) is 11.5 Å². The summed E-state index contributed by atoms with van der Waals surface area (Å²) in [6.07, 6.45) is 4.04.